The van der Waals surface area contributed by atoms with Gasteiger partial charge >= 0.3 is 0 Å². The highest BCUT2D eigenvalue weighted by Gasteiger charge is 2.16. The minimum absolute atomic E-state index is 0.750. The third kappa shape index (κ3) is 2.94. The van der Waals surface area contributed by atoms with Gasteiger partial charge in [-0.2, -0.15) is 0 Å². The maximum atomic E-state index is 5.42. The van der Waals surface area contributed by atoms with Gasteiger partial charge in [-0.05, 0) is 30.3 Å². The number of pyridine rings is 2. The third-order valence-corrected chi connectivity index (χ3v) is 4.81. The first kappa shape index (κ1) is 16.0. The zero-order valence-corrected chi connectivity index (χ0v) is 14.8. The predicted molar refractivity (Wildman–Crippen MR) is 105 cm³/mol. The van der Waals surface area contributed by atoms with Crippen molar-refractivity contribution in [3.8, 4) is 17.1 Å². The van der Waals surface area contributed by atoms with Crippen molar-refractivity contribution < 1.29 is 4.74 Å². The Hall–Kier alpha value is -3.25. The summed E-state index contributed by atoms with van der Waals surface area (Å²) in [5.74, 6) is 1.84. The van der Waals surface area contributed by atoms with Crippen molar-refractivity contribution in [2.24, 2.45) is 0 Å². The molecule has 6 nitrogen and oxygen atoms in total. The van der Waals surface area contributed by atoms with Crippen molar-refractivity contribution in [1.82, 2.24) is 19.5 Å². The maximum Gasteiger partial charge on any atom is 0.147 e. The Balaban J connectivity index is 1.60. The molecule has 0 unspecified atom stereocenters. The number of hydrogen-bond acceptors (Lipinski definition) is 5. The maximum absolute atomic E-state index is 5.42. The van der Waals surface area contributed by atoms with E-state index in [1.807, 2.05) is 36.7 Å². The van der Waals surface area contributed by atoms with Crippen molar-refractivity contribution in [2.45, 2.75) is 0 Å². The lowest BCUT2D eigenvalue weighted by atomic mass is 10.2. The molecule has 0 radical (unpaired) electrons. The van der Waals surface area contributed by atoms with Crippen LogP contribution < -0.4 is 4.90 Å². The second-order valence-electron chi connectivity index (χ2n) is 6.48. The van der Waals surface area contributed by atoms with Crippen LogP contribution in [0.5, 0.6) is 0 Å². The minimum atomic E-state index is 0.750. The first-order valence-electron chi connectivity index (χ1n) is 9.07. The van der Waals surface area contributed by atoms with Crippen LogP contribution in [-0.2, 0) is 4.74 Å². The smallest absolute Gasteiger partial charge is 0.147 e. The van der Waals surface area contributed by atoms with Gasteiger partial charge in [0.2, 0.25) is 0 Å². The Bertz CT molecular complexity index is 1050. The summed E-state index contributed by atoms with van der Waals surface area (Å²) in [5, 5.41) is 0. The molecule has 0 atom stereocenters. The van der Waals surface area contributed by atoms with Crippen molar-refractivity contribution in [3.05, 3.63) is 67.1 Å². The largest absolute Gasteiger partial charge is 0.378 e. The van der Waals surface area contributed by atoms with Crippen molar-refractivity contribution in [3.63, 3.8) is 0 Å². The Kier molecular flexibility index (Phi) is 4.03. The molecule has 1 fully saturated rings. The standard InChI is InChI=1S/C21H19N5O/c1-2-4-17(5-3-1)26-19-15-22-9-8-18(19)24-21(26)16-6-7-20(23-14-16)25-10-12-27-13-11-25/h1-9,14-15H,10-13H2. The van der Waals surface area contributed by atoms with Gasteiger partial charge in [-0.3, -0.25) is 9.55 Å². The molecule has 0 aliphatic carbocycles. The molecule has 0 bridgehead atoms. The molecule has 0 spiro atoms. The van der Waals surface area contributed by atoms with Gasteiger partial charge in [0.05, 0.1) is 30.4 Å². The Morgan fingerprint density at radius 2 is 1.74 bits per heavy atom. The molecule has 1 aromatic carbocycles. The molecule has 134 valence electrons. The topological polar surface area (TPSA) is 56.1 Å². The zero-order chi connectivity index (χ0) is 18.1. The van der Waals surface area contributed by atoms with Gasteiger partial charge < -0.3 is 9.64 Å². The molecule has 0 amide bonds. The number of ether oxygens (including phenoxy) is 1. The summed E-state index contributed by atoms with van der Waals surface area (Å²) in [6.45, 7) is 3.25. The zero-order valence-electron chi connectivity index (χ0n) is 14.8. The van der Waals surface area contributed by atoms with E-state index >= 15 is 0 Å². The average molecular weight is 357 g/mol. The molecule has 0 saturated carbocycles. The number of morpholine rings is 1. The molecule has 4 heterocycles. The lowest BCUT2D eigenvalue weighted by Gasteiger charge is -2.27. The van der Waals surface area contributed by atoms with Gasteiger partial charge in [0.25, 0.3) is 0 Å². The van der Waals surface area contributed by atoms with Crippen LogP contribution in [0.25, 0.3) is 28.1 Å². The van der Waals surface area contributed by atoms with E-state index in [0.717, 1.165) is 60.2 Å². The summed E-state index contributed by atoms with van der Waals surface area (Å²) in [5.41, 5.74) is 3.93. The predicted octanol–water partition coefficient (Wildman–Crippen LogP) is 3.32. The highest BCUT2D eigenvalue weighted by molar-refractivity contribution is 5.82. The number of aromatic nitrogens is 4. The van der Waals surface area contributed by atoms with E-state index in [1.54, 1.807) is 6.20 Å². The number of nitrogens with zero attached hydrogens (tertiary/aromatic N) is 5. The van der Waals surface area contributed by atoms with Gasteiger partial charge in [-0.25, -0.2) is 9.97 Å². The van der Waals surface area contributed by atoms with Crippen molar-refractivity contribution in [1.29, 1.82) is 0 Å². The second-order valence-corrected chi connectivity index (χ2v) is 6.48. The first-order chi connectivity index (χ1) is 13.4. The van der Waals surface area contributed by atoms with Crippen molar-refractivity contribution in [2.75, 3.05) is 31.2 Å². The van der Waals surface area contributed by atoms with Crippen LogP contribution in [0.1, 0.15) is 0 Å². The summed E-state index contributed by atoms with van der Waals surface area (Å²) >= 11 is 0. The number of imidazole rings is 1. The van der Waals surface area contributed by atoms with E-state index < -0.39 is 0 Å². The van der Waals surface area contributed by atoms with E-state index in [-0.39, 0.29) is 0 Å². The molecule has 0 N–H and O–H groups in total. The Morgan fingerprint density at radius 1 is 0.889 bits per heavy atom. The molecule has 1 aliphatic heterocycles. The molecule has 3 aromatic heterocycles. The van der Waals surface area contributed by atoms with Gasteiger partial charge in [0.15, 0.2) is 0 Å². The second kappa shape index (κ2) is 6.81. The van der Waals surface area contributed by atoms with E-state index in [0.29, 0.717) is 0 Å². The number of fused-ring (bicyclic) bond motifs is 1. The fourth-order valence-electron chi connectivity index (χ4n) is 3.45. The van der Waals surface area contributed by atoms with Gasteiger partial charge in [0, 0.05) is 36.7 Å². The minimum Gasteiger partial charge on any atom is -0.378 e. The monoisotopic (exact) mass is 357 g/mol. The molecule has 5 rings (SSSR count). The van der Waals surface area contributed by atoms with Gasteiger partial charge in [-0.1, -0.05) is 18.2 Å². The number of para-hydroxylation sites is 1. The third-order valence-electron chi connectivity index (χ3n) is 4.81. The van der Waals surface area contributed by atoms with Crippen LogP contribution in [0.3, 0.4) is 0 Å². The SMILES string of the molecule is c1ccc(-n2c(-c3ccc(N4CCOCC4)nc3)nc3ccncc32)cc1. The summed E-state index contributed by atoms with van der Waals surface area (Å²) in [6.07, 6.45) is 5.53. The molecule has 27 heavy (non-hydrogen) atoms. The fraction of sp³-hybridized carbons (Fsp3) is 0.190. The van der Waals surface area contributed by atoms with E-state index in [9.17, 15) is 0 Å². The van der Waals surface area contributed by atoms with E-state index in [4.69, 9.17) is 9.72 Å². The quantitative estimate of drug-likeness (QED) is 0.563. The lowest BCUT2D eigenvalue weighted by Crippen LogP contribution is -2.36. The van der Waals surface area contributed by atoms with Gasteiger partial charge in [-0.15, -0.1) is 0 Å². The van der Waals surface area contributed by atoms with E-state index in [2.05, 4.69) is 43.7 Å². The summed E-state index contributed by atoms with van der Waals surface area (Å²) in [7, 11) is 0. The summed E-state index contributed by atoms with van der Waals surface area (Å²) < 4.78 is 7.56. The van der Waals surface area contributed by atoms with Crippen LogP contribution >= 0.6 is 0 Å². The number of rotatable bonds is 3. The number of anilines is 1. The summed E-state index contributed by atoms with van der Waals surface area (Å²) in [4.78, 5) is 16.1. The van der Waals surface area contributed by atoms with E-state index in [1.165, 1.54) is 0 Å². The van der Waals surface area contributed by atoms with Crippen LogP contribution in [0, 0.1) is 0 Å². The van der Waals surface area contributed by atoms with Crippen LogP contribution in [0.2, 0.25) is 0 Å². The molecule has 1 saturated heterocycles. The fourth-order valence-corrected chi connectivity index (χ4v) is 3.45. The number of hydrogen-bond donors (Lipinski definition) is 0. The molecule has 6 heteroatoms. The molecular weight excluding hydrogens is 338 g/mol. The normalized spacial score (nSPS) is 14.6. The first-order valence-corrected chi connectivity index (χ1v) is 9.07. The Morgan fingerprint density at radius 3 is 2.52 bits per heavy atom. The highest BCUT2D eigenvalue weighted by Crippen LogP contribution is 2.28. The van der Waals surface area contributed by atoms with Crippen LogP contribution in [0.15, 0.2) is 67.1 Å². The highest BCUT2D eigenvalue weighted by atomic mass is 16.5. The van der Waals surface area contributed by atoms with Crippen LogP contribution in [-0.4, -0.2) is 45.8 Å². The van der Waals surface area contributed by atoms with Gasteiger partial charge in [0.1, 0.15) is 11.6 Å². The number of benzene rings is 1. The van der Waals surface area contributed by atoms with Crippen LogP contribution in [0.4, 0.5) is 5.82 Å². The molecule has 4 aromatic rings. The van der Waals surface area contributed by atoms with Crippen molar-refractivity contribution >= 4 is 16.9 Å². The summed E-state index contributed by atoms with van der Waals surface area (Å²) in [6, 6.07) is 16.3. The molecule has 1 aliphatic rings. The molecular formula is C21H19N5O. The Labute approximate surface area is 157 Å². The average Bonchev–Trinajstić information content (AvgIpc) is 3.15. The lowest BCUT2D eigenvalue weighted by molar-refractivity contribution is 0.122.